The highest BCUT2D eigenvalue weighted by molar-refractivity contribution is 8.00. The largest absolute Gasteiger partial charge is 0.369 e. The molecule has 0 saturated carbocycles. The number of anilines is 5. The Morgan fingerprint density at radius 3 is 2.40 bits per heavy atom. The van der Waals surface area contributed by atoms with Crippen molar-refractivity contribution in [3.63, 3.8) is 0 Å². The van der Waals surface area contributed by atoms with Crippen molar-refractivity contribution in [3.05, 3.63) is 59.8 Å². The first-order valence-electron chi connectivity index (χ1n) is 11.8. The van der Waals surface area contributed by atoms with Gasteiger partial charge in [0, 0.05) is 60.4 Å². The number of aromatic nitrogens is 2. The molecule has 0 amide bonds. The summed E-state index contributed by atoms with van der Waals surface area (Å²) in [7, 11) is -0.536. The predicted octanol–water partition coefficient (Wildman–Crippen LogP) is 4.29. The smallest absolute Gasteiger partial charge is 0.229 e. The molecule has 3 aromatic rings. The SMILES string of the molecule is CC(C)N[SH](C)(=O)c1cccc(Nc2nc(Nc3ccc(N4CCN(C)CC4)cc3)ncc2Cl)c1. The molecule has 0 bridgehead atoms. The van der Waals surface area contributed by atoms with Gasteiger partial charge in [0.05, 0.1) is 6.20 Å². The first-order valence-corrected chi connectivity index (χ1v) is 14.3. The number of nitrogens with zero attached hydrogens (tertiary/aromatic N) is 4. The van der Waals surface area contributed by atoms with E-state index in [0.29, 0.717) is 16.8 Å². The fourth-order valence-corrected chi connectivity index (χ4v) is 6.05. The fraction of sp³-hybridized carbons (Fsp3) is 0.360. The van der Waals surface area contributed by atoms with Crippen molar-refractivity contribution in [2.45, 2.75) is 24.8 Å². The van der Waals surface area contributed by atoms with Gasteiger partial charge in [-0.3, -0.25) is 8.93 Å². The van der Waals surface area contributed by atoms with E-state index in [-0.39, 0.29) is 6.04 Å². The summed E-state index contributed by atoms with van der Waals surface area (Å²) in [6, 6.07) is 15.9. The lowest BCUT2D eigenvalue weighted by Crippen LogP contribution is -2.44. The van der Waals surface area contributed by atoms with E-state index in [9.17, 15) is 4.21 Å². The first kappa shape index (κ1) is 25.4. The number of rotatable bonds is 8. The number of piperazine rings is 1. The molecule has 1 aliphatic heterocycles. The molecule has 3 N–H and O–H groups in total. The van der Waals surface area contributed by atoms with Gasteiger partial charge in [-0.2, -0.15) is 4.98 Å². The average molecular weight is 516 g/mol. The Morgan fingerprint density at radius 2 is 1.71 bits per heavy atom. The van der Waals surface area contributed by atoms with Gasteiger partial charge in [0.25, 0.3) is 0 Å². The number of benzene rings is 2. The molecule has 0 radical (unpaired) electrons. The van der Waals surface area contributed by atoms with Crippen LogP contribution in [0.4, 0.5) is 28.8 Å². The molecule has 1 saturated heterocycles. The number of hydrogen-bond donors (Lipinski definition) is 4. The number of likely N-dealkylation sites (N-methyl/N-ethyl adjacent to an activating group) is 1. The zero-order valence-corrected chi connectivity index (χ0v) is 22.3. The van der Waals surface area contributed by atoms with Crippen molar-refractivity contribution in [1.29, 1.82) is 0 Å². The van der Waals surface area contributed by atoms with E-state index < -0.39 is 10.1 Å². The zero-order chi connectivity index (χ0) is 25.0. The van der Waals surface area contributed by atoms with Crippen molar-refractivity contribution in [2.24, 2.45) is 0 Å². The lowest BCUT2D eigenvalue weighted by atomic mass is 10.2. The van der Waals surface area contributed by atoms with E-state index in [4.69, 9.17) is 11.6 Å². The van der Waals surface area contributed by atoms with Crippen molar-refractivity contribution in [1.82, 2.24) is 19.6 Å². The van der Waals surface area contributed by atoms with Gasteiger partial charge in [0.15, 0.2) is 5.82 Å². The Morgan fingerprint density at radius 1 is 1.00 bits per heavy atom. The quantitative estimate of drug-likeness (QED) is 0.333. The summed E-state index contributed by atoms with van der Waals surface area (Å²) in [4.78, 5) is 14.4. The minimum atomic E-state index is -2.69. The lowest BCUT2D eigenvalue weighted by molar-refractivity contribution is 0.313. The molecule has 0 unspecified atom stereocenters. The van der Waals surface area contributed by atoms with Crippen LogP contribution in [0, 0.1) is 0 Å². The van der Waals surface area contributed by atoms with Gasteiger partial charge in [-0.1, -0.05) is 17.7 Å². The summed E-state index contributed by atoms with van der Waals surface area (Å²) in [6.45, 7) is 8.16. The van der Waals surface area contributed by atoms with Crippen LogP contribution in [0.2, 0.25) is 5.02 Å². The summed E-state index contributed by atoms with van der Waals surface area (Å²) in [5.74, 6) is 0.904. The van der Waals surface area contributed by atoms with Gasteiger partial charge in [0.1, 0.15) is 5.02 Å². The van der Waals surface area contributed by atoms with Gasteiger partial charge in [-0.15, -0.1) is 0 Å². The summed E-state index contributed by atoms with van der Waals surface area (Å²) in [5.41, 5.74) is 2.85. The highest BCUT2D eigenvalue weighted by atomic mass is 35.5. The molecule has 10 heteroatoms. The molecule has 1 aliphatic rings. The third kappa shape index (κ3) is 6.70. The van der Waals surface area contributed by atoms with E-state index in [2.05, 4.69) is 54.3 Å². The molecule has 0 aliphatic carbocycles. The van der Waals surface area contributed by atoms with Crippen LogP contribution in [-0.2, 0) is 10.1 Å². The molecular formula is C25H34ClN7OS. The normalized spacial score (nSPS) is 15.3. The maximum absolute atomic E-state index is 13.1. The number of thiol groups is 1. The minimum Gasteiger partial charge on any atom is -0.369 e. The second-order valence-corrected chi connectivity index (χ2v) is 12.3. The standard InChI is InChI=1S/C25H34ClN7OS/c1-18(2)31-35(4,34)22-7-5-6-20(16-22)28-24-23(26)17-27-25(30-24)29-19-8-10-21(11-9-19)33-14-12-32(3)13-15-33/h5-11,16-18,35H,12-15H2,1-4H3,(H,31,34)(H2,27,28,29,30). The zero-order valence-electron chi connectivity index (χ0n) is 20.6. The molecule has 1 aromatic heterocycles. The van der Waals surface area contributed by atoms with E-state index in [0.717, 1.165) is 42.4 Å². The predicted molar refractivity (Wildman–Crippen MR) is 148 cm³/mol. The average Bonchev–Trinajstić information content (AvgIpc) is 2.82. The molecule has 0 spiro atoms. The van der Waals surface area contributed by atoms with E-state index in [1.807, 2.05) is 50.2 Å². The Kier molecular flexibility index (Phi) is 7.91. The van der Waals surface area contributed by atoms with Crippen molar-refractivity contribution >= 4 is 50.5 Å². The summed E-state index contributed by atoms with van der Waals surface area (Å²) >= 11 is 6.37. The van der Waals surface area contributed by atoms with Gasteiger partial charge in [-0.25, -0.2) is 4.98 Å². The van der Waals surface area contributed by atoms with Crippen LogP contribution in [0.15, 0.2) is 59.6 Å². The second-order valence-electron chi connectivity index (χ2n) is 9.24. The fourth-order valence-electron chi connectivity index (χ4n) is 4.02. The maximum atomic E-state index is 13.1. The van der Waals surface area contributed by atoms with Crippen LogP contribution in [0.1, 0.15) is 13.8 Å². The van der Waals surface area contributed by atoms with Crippen molar-refractivity contribution in [2.75, 3.05) is 55.0 Å². The minimum absolute atomic E-state index is 0.114. The summed E-state index contributed by atoms with van der Waals surface area (Å²) < 4.78 is 16.3. The Labute approximate surface area is 213 Å². The Hall–Kier alpha value is -2.72. The van der Waals surface area contributed by atoms with Gasteiger partial charge < -0.3 is 20.4 Å². The molecule has 0 atom stereocenters. The topological polar surface area (TPSA) is 85.4 Å². The molecule has 4 rings (SSSR count). The summed E-state index contributed by atoms with van der Waals surface area (Å²) in [5, 5.41) is 6.88. The monoisotopic (exact) mass is 515 g/mol. The van der Waals surface area contributed by atoms with E-state index in [1.165, 1.54) is 5.69 Å². The molecule has 8 nitrogen and oxygen atoms in total. The number of nitrogens with one attached hydrogen (secondary N) is 3. The second kappa shape index (κ2) is 10.9. The summed E-state index contributed by atoms with van der Waals surface area (Å²) in [6.07, 6.45) is 3.30. The van der Waals surface area contributed by atoms with Crippen LogP contribution in [0.25, 0.3) is 0 Å². The van der Waals surface area contributed by atoms with Gasteiger partial charge in [0.2, 0.25) is 5.95 Å². The van der Waals surface area contributed by atoms with Crippen LogP contribution < -0.4 is 20.3 Å². The Balaban J connectivity index is 1.46. The van der Waals surface area contributed by atoms with E-state index in [1.54, 1.807) is 12.5 Å². The maximum Gasteiger partial charge on any atom is 0.229 e. The first-order chi connectivity index (χ1) is 16.7. The van der Waals surface area contributed by atoms with Gasteiger partial charge in [-0.05, 0) is 73.5 Å². The van der Waals surface area contributed by atoms with Crippen LogP contribution in [-0.4, -0.2) is 64.6 Å². The number of hydrogen-bond acceptors (Lipinski definition) is 7. The van der Waals surface area contributed by atoms with E-state index >= 15 is 0 Å². The van der Waals surface area contributed by atoms with Crippen LogP contribution in [0.5, 0.6) is 0 Å². The van der Waals surface area contributed by atoms with Crippen molar-refractivity contribution < 1.29 is 4.21 Å². The van der Waals surface area contributed by atoms with Crippen molar-refractivity contribution in [3.8, 4) is 0 Å². The third-order valence-corrected chi connectivity index (χ3v) is 8.39. The highest BCUT2D eigenvalue weighted by Gasteiger charge is 2.15. The molecule has 35 heavy (non-hydrogen) atoms. The highest BCUT2D eigenvalue weighted by Crippen LogP contribution is 2.27. The van der Waals surface area contributed by atoms with Gasteiger partial charge >= 0.3 is 0 Å². The number of halogens is 1. The van der Waals surface area contributed by atoms with Crippen LogP contribution in [0.3, 0.4) is 0 Å². The third-order valence-electron chi connectivity index (χ3n) is 5.84. The molecule has 2 aromatic carbocycles. The Bertz CT molecular complexity index is 1200. The molecule has 188 valence electrons. The lowest BCUT2D eigenvalue weighted by Gasteiger charge is -2.34. The van der Waals surface area contributed by atoms with Crippen LogP contribution >= 0.6 is 11.6 Å². The molecule has 1 fully saturated rings. The molecular weight excluding hydrogens is 482 g/mol. The molecule has 2 heterocycles.